The molecule has 0 aromatic carbocycles. The van der Waals surface area contributed by atoms with Crippen molar-refractivity contribution >= 4 is 8.53 Å². The van der Waals surface area contributed by atoms with Crippen LogP contribution < -0.4 is 0 Å². The topological polar surface area (TPSA) is 32.7 Å². The highest BCUT2D eigenvalue weighted by atomic mass is 31.2. The van der Waals surface area contributed by atoms with E-state index in [1.54, 1.807) is 0 Å². The molecule has 2 fully saturated rings. The van der Waals surface area contributed by atoms with Gasteiger partial charge in [0.1, 0.15) is 0 Å². The zero-order valence-corrected chi connectivity index (χ0v) is 14.2. The van der Waals surface area contributed by atoms with Crippen molar-refractivity contribution in [2.24, 2.45) is 5.92 Å². The molecular weight excluding hydrogens is 257 g/mol. The summed E-state index contributed by atoms with van der Waals surface area (Å²) < 4.78 is 8.18. The largest absolute Gasteiger partial charge is 0.338 e. The molecule has 0 radical (unpaired) electrons. The van der Waals surface area contributed by atoms with Crippen LogP contribution in [0.4, 0.5) is 0 Å². The van der Waals surface area contributed by atoms with Gasteiger partial charge in [-0.05, 0) is 38.6 Å². The molecule has 1 heterocycles. The van der Waals surface area contributed by atoms with Crippen LogP contribution in [0.5, 0.6) is 0 Å². The van der Waals surface area contributed by atoms with E-state index in [0.717, 1.165) is 12.8 Å². The molecule has 3 atom stereocenters. The SMILES string of the molecule is CC.CCC1N(C)[P@@](O)OC1(CC)C1CCCCC1. The van der Waals surface area contributed by atoms with Gasteiger partial charge in [-0.1, -0.05) is 47.0 Å². The zero-order valence-electron chi connectivity index (χ0n) is 13.4. The Hall–Kier alpha value is 0.310. The average Bonchev–Trinajstić information content (AvgIpc) is 2.74. The summed E-state index contributed by atoms with van der Waals surface area (Å²) >= 11 is 0. The Bertz CT molecular complexity index is 259. The maximum Gasteiger partial charge on any atom is 0.256 e. The van der Waals surface area contributed by atoms with Crippen LogP contribution in [0.3, 0.4) is 0 Å². The lowest BCUT2D eigenvalue weighted by Crippen LogP contribution is -2.49. The fourth-order valence-electron chi connectivity index (χ4n) is 3.85. The third kappa shape index (κ3) is 3.32. The molecule has 1 aliphatic carbocycles. The second-order valence-corrected chi connectivity index (χ2v) is 6.80. The van der Waals surface area contributed by atoms with Crippen LogP contribution in [0.25, 0.3) is 0 Å². The molecule has 0 amide bonds. The van der Waals surface area contributed by atoms with Crippen LogP contribution in [0, 0.1) is 5.92 Å². The van der Waals surface area contributed by atoms with Gasteiger partial charge in [0, 0.05) is 6.04 Å². The minimum absolute atomic E-state index is 0.0790. The van der Waals surface area contributed by atoms with Gasteiger partial charge in [-0.3, -0.25) is 0 Å². The summed E-state index contributed by atoms with van der Waals surface area (Å²) in [5, 5.41) is 0. The molecule has 114 valence electrons. The summed E-state index contributed by atoms with van der Waals surface area (Å²) in [5.41, 5.74) is -0.0790. The van der Waals surface area contributed by atoms with Gasteiger partial charge in [0.15, 0.2) is 0 Å². The van der Waals surface area contributed by atoms with E-state index in [9.17, 15) is 4.89 Å². The molecule has 2 aliphatic rings. The Balaban J connectivity index is 0.000000861. The molecular formula is C15H32NO2P. The summed E-state index contributed by atoms with van der Waals surface area (Å²) in [6.45, 7) is 8.44. The van der Waals surface area contributed by atoms with Crippen LogP contribution in [0.2, 0.25) is 0 Å². The molecule has 2 rings (SSSR count). The Labute approximate surface area is 120 Å². The second kappa shape index (κ2) is 7.93. The lowest BCUT2D eigenvalue weighted by molar-refractivity contribution is -0.0207. The summed E-state index contributed by atoms with van der Waals surface area (Å²) in [5.74, 6) is 0.647. The number of hydrogen-bond acceptors (Lipinski definition) is 3. The van der Waals surface area contributed by atoms with Crippen molar-refractivity contribution in [1.82, 2.24) is 4.67 Å². The van der Waals surface area contributed by atoms with Gasteiger partial charge < -0.3 is 9.42 Å². The molecule has 4 heteroatoms. The van der Waals surface area contributed by atoms with Crippen molar-refractivity contribution < 1.29 is 9.42 Å². The predicted molar refractivity (Wildman–Crippen MR) is 83.0 cm³/mol. The first-order chi connectivity index (χ1) is 9.15. The van der Waals surface area contributed by atoms with E-state index >= 15 is 0 Å². The van der Waals surface area contributed by atoms with Gasteiger partial charge in [-0.15, -0.1) is 0 Å². The molecule has 3 nitrogen and oxygen atoms in total. The van der Waals surface area contributed by atoms with Crippen LogP contribution >= 0.6 is 8.53 Å². The molecule has 0 bridgehead atoms. The van der Waals surface area contributed by atoms with E-state index in [0.29, 0.717) is 12.0 Å². The van der Waals surface area contributed by atoms with Crippen LogP contribution in [-0.4, -0.2) is 28.3 Å². The van der Waals surface area contributed by atoms with Crippen molar-refractivity contribution in [3.8, 4) is 0 Å². The molecule has 0 aromatic heterocycles. The van der Waals surface area contributed by atoms with Crippen molar-refractivity contribution in [2.45, 2.75) is 84.3 Å². The minimum Gasteiger partial charge on any atom is -0.338 e. The number of hydrogen-bond donors (Lipinski definition) is 1. The van der Waals surface area contributed by atoms with Gasteiger partial charge in [0.2, 0.25) is 0 Å². The van der Waals surface area contributed by atoms with Crippen LogP contribution in [0.1, 0.15) is 72.6 Å². The zero-order chi connectivity index (χ0) is 14.5. The highest BCUT2D eigenvalue weighted by Gasteiger charge is 2.54. The summed E-state index contributed by atoms with van der Waals surface area (Å²) in [7, 11) is 0.657. The molecule has 19 heavy (non-hydrogen) atoms. The Morgan fingerprint density at radius 1 is 1.21 bits per heavy atom. The number of rotatable bonds is 3. The molecule has 1 N–H and O–H groups in total. The summed E-state index contributed by atoms with van der Waals surface area (Å²) in [4.78, 5) is 10.1. The third-order valence-corrected chi connectivity index (χ3v) is 6.09. The van der Waals surface area contributed by atoms with Gasteiger partial charge in [0.05, 0.1) is 5.60 Å². The molecule has 1 aliphatic heterocycles. The normalized spacial score (nSPS) is 36.9. The average molecular weight is 289 g/mol. The first-order valence-electron chi connectivity index (χ1n) is 8.06. The fourth-order valence-corrected chi connectivity index (χ4v) is 5.28. The van der Waals surface area contributed by atoms with Gasteiger partial charge in [-0.25, -0.2) is 4.67 Å². The van der Waals surface area contributed by atoms with Crippen molar-refractivity contribution in [3.05, 3.63) is 0 Å². The summed E-state index contributed by atoms with van der Waals surface area (Å²) in [6, 6.07) is 0.395. The number of likely N-dealkylation sites (N-methyl/N-ethyl adjacent to an activating group) is 1. The van der Waals surface area contributed by atoms with E-state index in [-0.39, 0.29) is 5.60 Å². The highest BCUT2D eigenvalue weighted by molar-refractivity contribution is 7.43. The first kappa shape index (κ1) is 17.4. The maximum atomic E-state index is 10.1. The molecule has 0 aromatic rings. The fraction of sp³-hybridized carbons (Fsp3) is 1.00. The Morgan fingerprint density at radius 3 is 2.26 bits per heavy atom. The van der Waals surface area contributed by atoms with Crippen molar-refractivity contribution in [1.29, 1.82) is 0 Å². The Kier molecular flexibility index (Phi) is 7.24. The van der Waals surface area contributed by atoms with E-state index in [1.165, 1.54) is 32.1 Å². The lowest BCUT2D eigenvalue weighted by Gasteiger charge is -2.42. The minimum atomic E-state index is -1.36. The summed E-state index contributed by atoms with van der Waals surface area (Å²) in [6.07, 6.45) is 8.69. The van der Waals surface area contributed by atoms with E-state index < -0.39 is 8.53 Å². The smallest absolute Gasteiger partial charge is 0.256 e. The van der Waals surface area contributed by atoms with Gasteiger partial charge in [-0.2, -0.15) is 0 Å². The van der Waals surface area contributed by atoms with E-state index in [1.807, 2.05) is 20.9 Å². The Morgan fingerprint density at radius 2 is 1.79 bits per heavy atom. The van der Waals surface area contributed by atoms with E-state index in [4.69, 9.17) is 4.52 Å². The predicted octanol–water partition coefficient (Wildman–Crippen LogP) is 4.70. The second-order valence-electron chi connectivity index (χ2n) is 5.49. The monoisotopic (exact) mass is 289 g/mol. The maximum absolute atomic E-state index is 10.1. The van der Waals surface area contributed by atoms with Crippen LogP contribution in [0.15, 0.2) is 0 Å². The third-order valence-electron chi connectivity index (χ3n) is 4.77. The van der Waals surface area contributed by atoms with Crippen molar-refractivity contribution in [3.63, 3.8) is 0 Å². The molecule has 1 saturated carbocycles. The van der Waals surface area contributed by atoms with Crippen LogP contribution in [-0.2, 0) is 4.52 Å². The molecule has 2 unspecified atom stereocenters. The highest BCUT2D eigenvalue weighted by Crippen LogP contribution is 2.58. The molecule has 1 saturated heterocycles. The first-order valence-corrected chi connectivity index (χ1v) is 9.23. The van der Waals surface area contributed by atoms with Gasteiger partial charge in [0.25, 0.3) is 8.53 Å². The van der Waals surface area contributed by atoms with E-state index in [2.05, 4.69) is 18.5 Å². The molecule has 0 spiro atoms. The van der Waals surface area contributed by atoms with Gasteiger partial charge >= 0.3 is 0 Å². The quantitative estimate of drug-likeness (QED) is 0.764. The number of nitrogens with zero attached hydrogens (tertiary/aromatic N) is 1. The van der Waals surface area contributed by atoms with Crippen molar-refractivity contribution in [2.75, 3.05) is 7.05 Å². The lowest BCUT2D eigenvalue weighted by atomic mass is 9.71. The standard InChI is InChI=1S/C13H26NO2P.C2H6/c1-4-12-13(5-2,16-17(15)14(12)3)11-9-7-6-8-10-11;1-2/h11-12,15H,4-10H2,1-3H3;1-2H3/t12?,13?,17-;/m0./s1.